The molecule has 2 aromatic carbocycles. The number of phenols is 1. The number of piperazine rings is 1. The van der Waals surface area contributed by atoms with Crippen molar-refractivity contribution in [3.8, 4) is 11.4 Å². The number of fused-ring (bicyclic) bond motifs is 2. The molecule has 0 spiro atoms. The summed E-state index contributed by atoms with van der Waals surface area (Å²) in [5.41, 5.74) is -0.821. The van der Waals surface area contributed by atoms with E-state index >= 15 is 4.39 Å². The predicted octanol–water partition coefficient (Wildman–Crippen LogP) is 2.75. The van der Waals surface area contributed by atoms with Crippen molar-refractivity contribution in [1.29, 1.82) is 0 Å². The minimum atomic E-state index is -1.49. The zero-order valence-electron chi connectivity index (χ0n) is 17.1. The maximum absolute atomic E-state index is 15.5. The van der Waals surface area contributed by atoms with Gasteiger partial charge in [-0.15, -0.1) is 0 Å². The summed E-state index contributed by atoms with van der Waals surface area (Å²) in [6.45, 7) is 2.94. The molecule has 0 saturated carbocycles. The molecule has 0 radical (unpaired) electrons. The number of phenolic OH excluding ortho intramolecular Hbond substituents is 1. The first-order valence-electron chi connectivity index (χ1n) is 10.5. The highest BCUT2D eigenvalue weighted by Gasteiger charge is 2.47. The average Bonchev–Trinajstić information content (AvgIpc) is 3.19. The Morgan fingerprint density at radius 3 is 2.72 bits per heavy atom. The van der Waals surface area contributed by atoms with Gasteiger partial charge in [-0.25, -0.2) is 13.6 Å². The molecule has 2 aliphatic rings. The number of nitrogens with zero attached hydrogens (tertiary/aromatic N) is 2. The summed E-state index contributed by atoms with van der Waals surface area (Å²) in [6, 6.07) is 6.30. The third-order valence-electron chi connectivity index (χ3n) is 6.83. The van der Waals surface area contributed by atoms with Crippen LogP contribution in [0.4, 0.5) is 14.5 Å². The number of benzene rings is 2. The van der Waals surface area contributed by atoms with Crippen molar-refractivity contribution in [2.45, 2.75) is 18.9 Å². The largest absolute Gasteiger partial charge is 0.508 e. The van der Waals surface area contributed by atoms with E-state index < -0.39 is 28.6 Å². The molecule has 7 nitrogen and oxygen atoms in total. The lowest BCUT2D eigenvalue weighted by Gasteiger charge is -2.43. The van der Waals surface area contributed by atoms with Crippen molar-refractivity contribution in [2.24, 2.45) is 0 Å². The zero-order chi connectivity index (χ0) is 22.6. The molecule has 0 aliphatic carbocycles. The zero-order valence-corrected chi connectivity index (χ0v) is 17.1. The molecule has 2 aliphatic heterocycles. The smallest absolute Gasteiger partial charge is 0.341 e. The van der Waals surface area contributed by atoms with Gasteiger partial charge < -0.3 is 20.1 Å². The molecule has 2 fully saturated rings. The molecule has 9 heteroatoms. The Morgan fingerprint density at radius 1 is 1.16 bits per heavy atom. The summed E-state index contributed by atoms with van der Waals surface area (Å²) in [4.78, 5) is 24.5. The number of carbonyl (C=O) groups is 1. The van der Waals surface area contributed by atoms with Crippen LogP contribution in [-0.4, -0.2) is 53.0 Å². The summed E-state index contributed by atoms with van der Waals surface area (Å²) >= 11 is 0. The summed E-state index contributed by atoms with van der Waals surface area (Å²) in [5.74, 6) is -3.15. The summed E-state index contributed by atoms with van der Waals surface area (Å²) in [7, 11) is 0. The number of rotatable bonds is 3. The van der Waals surface area contributed by atoms with Gasteiger partial charge in [0.25, 0.3) is 0 Å². The normalized spacial score (nSPS) is 22.8. The highest BCUT2D eigenvalue weighted by molar-refractivity contribution is 5.94. The fourth-order valence-electron chi connectivity index (χ4n) is 5.31. The lowest BCUT2D eigenvalue weighted by Crippen LogP contribution is -2.63. The van der Waals surface area contributed by atoms with E-state index in [1.54, 1.807) is 6.07 Å². The van der Waals surface area contributed by atoms with Crippen LogP contribution in [-0.2, 0) is 0 Å². The maximum atomic E-state index is 15.5. The second-order valence-electron chi connectivity index (χ2n) is 8.49. The maximum Gasteiger partial charge on any atom is 0.341 e. The van der Waals surface area contributed by atoms with Crippen molar-refractivity contribution in [2.75, 3.05) is 26.2 Å². The third-order valence-corrected chi connectivity index (χ3v) is 6.83. The van der Waals surface area contributed by atoms with Gasteiger partial charge in [0.15, 0.2) is 17.3 Å². The number of nitrogens with one attached hydrogen (secondary N) is 1. The van der Waals surface area contributed by atoms with Crippen LogP contribution in [0.2, 0.25) is 0 Å². The van der Waals surface area contributed by atoms with E-state index in [2.05, 4.69) is 5.32 Å². The van der Waals surface area contributed by atoms with Crippen LogP contribution in [0.1, 0.15) is 23.2 Å². The van der Waals surface area contributed by atoms with Crippen LogP contribution >= 0.6 is 0 Å². The third kappa shape index (κ3) is 3.00. The number of carboxylic acids is 1. The van der Waals surface area contributed by atoms with Crippen molar-refractivity contribution >= 4 is 22.6 Å². The molecule has 32 heavy (non-hydrogen) atoms. The number of aromatic carboxylic acids is 1. The highest BCUT2D eigenvalue weighted by Crippen LogP contribution is 2.39. The van der Waals surface area contributed by atoms with Gasteiger partial charge >= 0.3 is 5.97 Å². The number of aromatic hydroxyl groups is 1. The van der Waals surface area contributed by atoms with E-state index in [0.29, 0.717) is 16.7 Å². The Balaban J connectivity index is 1.84. The molecule has 3 aromatic rings. The average molecular weight is 442 g/mol. The molecule has 2 unspecified atom stereocenters. The molecule has 166 valence electrons. The highest BCUT2D eigenvalue weighted by atomic mass is 19.1. The Hall–Kier alpha value is -3.30. The van der Waals surface area contributed by atoms with Crippen LogP contribution in [0.5, 0.6) is 5.75 Å². The topological polar surface area (TPSA) is 91.6 Å². The number of pyridine rings is 1. The van der Waals surface area contributed by atoms with E-state index in [1.807, 2.05) is 0 Å². The monoisotopic (exact) mass is 442 g/mol. The molecule has 1 aromatic heterocycles. The van der Waals surface area contributed by atoms with Gasteiger partial charge in [-0.3, -0.25) is 9.28 Å². The minimum absolute atomic E-state index is 0.0499. The fourth-order valence-corrected chi connectivity index (χ4v) is 5.31. The second-order valence-corrected chi connectivity index (χ2v) is 8.49. The van der Waals surface area contributed by atoms with E-state index in [9.17, 15) is 24.2 Å². The minimum Gasteiger partial charge on any atom is -0.508 e. The summed E-state index contributed by atoms with van der Waals surface area (Å²) < 4.78 is 31.9. The number of quaternary nitrogens is 1. The van der Waals surface area contributed by atoms with E-state index in [-0.39, 0.29) is 28.4 Å². The first-order chi connectivity index (χ1) is 15.3. The van der Waals surface area contributed by atoms with Crippen LogP contribution < -0.4 is 15.2 Å². The van der Waals surface area contributed by atoms with Gasteiger partial charge in [-0.2, -0.15) is 0 Å². The molecule has 2 atom stereocenters. The first-order valence-corrected chi connectivity index (χ1v) is 10.5. The second kappa shape index (κ2) is 7.39. The van der Waals surface area contributed by atoms with Gasteiger partial charge in [0.05, 0.1) is 29.7 Å². The standard InChI is InChI=1S/C23H21F2N3O4/c24-17-8-14(29)3-4-19(17)27-12-16(23(31)32)22(30)15-9-18(25)21(10-20(15)27)28-6-1-2-13(28)11-26-5-7-28/h3-4,8-10,12-13,26H,1-2,5-7,11H2,(H-,29,31,32)/p+1. The van der Waals surface area contributed by atoms with Crippen molar-refractivity contribution in [1.82, 2.24) is 14.4 Å². The van der Waals surface area contributed by atoms with Gasteiger partial charge in [0.2, 0.25) is 5.43 Å². The SMILES string of the molecule is O=C(O)c1cn(-c2ccc(O)cc2F)c2cc([N+]34CCCC3CNCC4)c(F)cc2c1=O. The lowest BCUT2D eigenvalue weighted by atomic mass is 10.0. The van der Waals surface area contributed by atoms with Crippen LogP contribution in [0.25, 0.3) is 16.6 Å². The van der Waals surface area contributed by atoms with E-state index in [0.717, 1.165) is 50.8 Å². The molecule has 5 rings (SSSR count). The molecule has 0 bridgehead atoms. The quantitative estimate of drug-likeness (QED) is 0.543. The molecular weight excluding hydrogens is 420 g/mol. The Kier molecular flexibility index (Phi) is 4.75. The lowest BCUT2D eigenvalue weighted by molar-refractivity contribution is 0.0695. The van der Waals surface area contributed by atoms with Gasteiger partial charge in [0.1, 0.15) is 17.4 Å². The van der Waals surface area contributed by atoms with Crippen LogP contribution in [0, 0.1) is 11.6 Å². The Bertz CT molecular complexity index is 1320. The molecule has 3 N–H and O–H groups in total. The number of halogens is 2. The predicted molar refractivity (Wildman–Crippen MR) is 116 cm³/mol. The number of carboxylic acid groups (broad SMARTS) is 1. The van der Waals surface area contributed by atoms with Gasteiger partial charge in [-0.05, 0) is 18.2 Å². The summed E-state index contributed by atoms with van der Waals surface area (Å²) in [6.07, 6.45) is 2.95. The Labute approximate surface area is 181 Å². The Morgan fingerprint density at radius 2 is 1.97 bits per heavy atom. The van der Waals surface area contributed by atoms with Crippen molar-refractivity contribution in [3.63, 3.8) is 0 Å². The molecule has 2 saturated heterocycles. The van der Waals surface area contributed by atoms with Crippen molar-refractivity contribution in [3.05, 3.63) is 63.9 Å². The van der Waals surface area contributed by atoms with Crippen LogP contribution in [0.3, 0.4) is 0 Å². The molecular formula is C23H22F2N3O4+. The van der Waals surface area contributed by atoms with Crippen LogP contribution in [0.15, 0.2) is 41.3 Å². The number of hydrogen-bond donors (Lipinski definition) is 3. The first kappa shape index (κ1) is 20.6. The van der Waals surface area contributed by atoms with E-state index in [1.165, 1.54) is 16.7 Å². The van der Waals surface area contributed by atoms with Gasteiger partial charge in [0, 0.05) is 44.3 Å². The van der Waals surface area contributed by atoms with Gasteiger partial charge in [-0.1, -0.05) is 0 Å². The number of hydrogen-bond acceptors (Lipinski definition) is 4. The molecule has 3 heterocycles. The fraction of sp³-hybridized carbons (Fsp3) is 0.304. The number of aromatic nitrogens is 1. The summed E-state index contributed by atoms with van der Waals surface area (Å²) in [5, 5.41) is 22.3. The molecule has 0 amide bonds. The van der Waals surface area contributed by atoms with E-state index in [4.69, 9.17) is 0 Å². The van der Waals surface area contributed by atoms with Crippen molar-refractivity contribution < 1.29 is 23.8 Å².